The van der Waals surface area contributed by atoms with Crippen LogP contribution in [0.25, 0.3) is 0 Å². The summed E-state index contributed by atoms with van der Waals surface area (Å²) in [4.78, 5) is 30.3. The fourth-order valence-corrected chi connectivity index (χ4v) is 3.44. The zero-order valence-corrected chi connectivity index (χ0v) is 16.0. The number of oxazole rings is 1. The number of halogens is 3. The molecule has 1 aromatic heterocycles. The van der Waals surface area contributed by atoms with Crippen LogP contribution in [0, 0.1) is 12.8 Å². The number of nitrogens with zero attached hydrogens (tertiary/aromatic N) is 2. The minimum Gasteiger partial charge on any atom is -0.438 e. The third kappa shape index (κ3) is 5.36. The molecule has 1 atom stereocenters. The normalized spacial score (nSPS) is 17.2. The van der Waals surface area contributed by atoms with E-state index in [2.05, 4.69) is 10.3 Å². The van der Waals surface area contributed by atoms with Gasteiger partial charge in [0, 0.05) is 25.2 Å². The summed E-state index contributed by atoms with van der Waals surface area (Å²) in [6.45, 7) is 2.88. The first-order chi connectivity index (χ1) is 13.7. The minimum atomic E-state index is -4.41. The molecule has 0 saturated carbocycles. The number of anilines is 1. The van der Waals surface area contributed by atoms with Gasteiger partial charge in [-0.05, 0) is 56.4 Å². The van der Waals surface area contributed by atoms with Gasteiger partial charge < -0.3 is 14.6 Å². The summed E-state index contributed by atoms with van der Waals surface area (Å²) in [5.74, 6) is -0.0434. The Balaban J connectivity index is 1.48. The van der Waals surface area contributed by atoms with Gasteiger partial charge in [-0.25, -0.2) is 4.98 Å². The summed E-state index contributed by atoms with van der Waals surface area (Å²) >= 11 is 0. The third-order valence-electron chi connectivity index (χ3n) is 5.02. The molecule has 0 spiro atoms. The van der Waals surface area contributed by atoms with Crippen LogP contribution in [0.2, 0.25) is 0 Å². The smallest absolute Gasteiger partial charge is 0.416 e. The first kappa shape index (κ1) is 20.9. The zero-order chi connectivity index (χ0) is 21.0. The number of benzene rings is 1. The number of hydrogen-bond donors (Lipinski definition) is 1. The van der Waals surface area contributed by atoms with Crippen molar-refractivity contribution in [2.24, 2.45) is 5.92 Å². The van der Waals surface area contributed by atoms with Gasteiger partial charge >= 0.3 is 6.18 Å². The van der Waals surface area contributed by atoms with Crippen molar-refractivity contribution in [3.8, 4) is 0 Å². The molecule has 0 aliphatic carbocycles. The Kier molecular flexibility index (Phi) is 6.24. The number of nitrogens with one attached hydrogen (secondary N) is 1. The van der Waals surface area contributed by atoms with E-state index in [4.69, 9.17) is 4.42 Å². The lowest BCUT2D eigenvalue weighted by Gasteiger charge is -2.32. The largest absolute Gasteiger partial charge is 0.438 e. The predicted octanol–water partition coefficient (Wildman–Crippen LogP) is 4.27. The first-order valence-electron chi connectivity index (χ1n) is 9.40. The van der Waals surface area contributed by atoms with Crippen molar-refractivity contribution in [2.75, 3.05) is 18.4 Å². The van der Waals surface area contributed by atoms with Crippen LogP contribution in [0.4, 0.5) is 18.9 Å². The average molecular weight is 409 g/mol. The van der Waals surface area contributed by atoms with Crippen LogP contribution < -0.4 is 5.32 Å². The van der Waals surface area contributed by atoms with E-state index in [0.29, 0.717) is 30.9 Å². The molecule has 29 heavy (non-hydrogen) atoms. The molecular weight excluding hydrogens is 387 g/mol. The van der Waals surface area contributed by atoms with Crippen LogP contribution >= 0.6 is 0 Å². The van der Waals surface area contributed by atoms with Crippen LogP contribution in [0.5, 0.6) is 0 Å². The van der Waals surface area contributed by atoms with Crippen LogP contribution in [0.15, 0.2) is 35.1 Å². The number of amides is 2. The number of piperidine rings is 1. The van der Waals surface area contributed by atoms with Gasteiger partial charge in [-0.15, -0.1) is 0 Å². The Bertz CT molecular complexity index is 862. The Morgan fingerprint density at radius 2 is 2.00 bits per heavy atom. The van der Waals surface area contributed by atoms with Crippen LogP contribution in [0.3, 0.4) is 0 Å². The zero-order valence-electron chi connectivity index (χ0n) is 16.0. The molecule has 9 heteroatoms. The highest BCUT2D eigenvalue weighted by Gasteiger charge is 2.30. The molecular formula is C20H22F3N3O3. The van der Waals surface area contributed by atoms with E-state index in [1.54, 1.807) is 11.8 Å². The molecule has 2 aromatic rings. The number of carbonyl (C=O) groups excluding carboxylic acids is 2. The Labute approximate surface area is 166 Å². The first-order valence-corrected chi connectivity index (χ1v) is 9.40. The standard InChI is InChI=1S/C20H22F3N3O3/c1-13-18(29-12-24-13)19(28)26-10-2-3-14(11-26)4-9-17(27)25-16-7-5-15(6-8-16)20(21,22)23/h5-8,12,14H,2-4,9-11H2,1H3,(H,25,27)/t14-/m1/s1. The second-order valence-electron chi connectivity index (χ2n) is 7.19. The third-order valence-corrected chi connectivity index (χ3v) is 5.02. The van der Waals surface area contributed by atoms with Gasteiger partial charge in [0.1, 0.15) is 0 Å². The minimum absolute atomic E-state index is 0.175. The maximum Gasteiger partial charge on any atom is 0.416 e. The molecule has 1 aliphatic heterocycles. The number of alkyl halides is 3. The number of rotatable bonds is 5. The van der Waals surface area contributed by atoms with Crippen LogP contribution in [-0.2, 0) is 11.0 Å². The number of aryl methyl sites for hydroxylation is 1. The number of hydrogen-bond acceptors (Lipinski definition) is 4. The molecule has 1 aliphatic rings. The van der Waals surface area contributed by atoms with Crippen molar-refractivity contribution < 1.29 is 27.2 Å². The monoisotopic (exact) mass is 409 g/mol. The topological polar surface area (TPSA) is 75.4 Å². The Morgan fingerprint density at radius 3 is 2.62 bits per heavy atom. The number of likely N-dealkylation sites (tertiary alicyclic amines) is 1. The van der Waals surface area contributed by atoms with Gasteiger partial charge in [-0.1, -0.05) is 0 Å². The van der Waals surface area contributed by atoms with E-state index in [-0.39, 0.29) is 29.9 Å². The van der Waals surface area contributed by atoms with Gasteiger partial charge in [0.05, 0.1) is 11.3 Å². The molecule has 156 valence electrons. The van der Waals surface area contributed by atoms with Crippen molar-refractivity contribution in [3.63, 3.8) is 0 Å². The number of carbonyl (C=O) groups is 2. The molecule has 0 radical (unpaired) electrons. The molecule has 1 aromatic carbocycles. The lowest BCUT2D eigenvalue weighted by molar-refractivity contribution is -0.137. The molecule has 6 nitrogen and oxygen atoms in total. The lowest BCUT2D eigenvalue weighted by atomic mass is 9.93. The predicted molar refractivity (Wildman–Crippen MR) is 99.2 cm³/mol. The summed E-state index contributed by atoms with van der Waals surface area (Å²) in [7, 11) is 0. The summed E-state index contributed by atoms with van der Waals surface area (Å²) in [6, 6.07) is 4.35. The van der Waals surface area contributed by atoms with Crippen LogP contribution in [0.1, 0.15) is 47.5 Å². The highest BCUT2D eigenvalue weighted by Crippen LogP contribution is 2.30. The molecule has 0 bridgehead atoms. The molecule has 1 fully saturated rings. The molecule has 2 heterocycles. The van der Waals surface area contributed by atoms with Gasteiger partial charge in [0.25, 0.3) is 5.91 Å². The molecule has 3 rings (SSSR count). The summed E-state index contributed by atoms with van der Waals surface area (Å²) in [5, 5.41) is 2.61. The lowest BCUT2D eigenvalue weighted by Crippen LogP contribution is -2.40. The van der Waals surface area contributed by atoms with Crippen molar-refractivity contribution in [1.82, 2.24) is 9.88 Å². The number of aromatic nitrogens is 1. The van der Waals surface area contributed by atoms with E-state index in [0.717, 1.165) is 25.0 Å². The van der Waals surface area contributed by atoms with E-state index in [1.807, 2.05) is 0 Å². The van der Waals surface area contributed by atoms with Gasteiger partial charge in [0.2, 0.25) is 11.7 Å². The van der Waals surface area contributed by atoms with Crippen molar-refractivity contribution >= 4 is 17.5 Å². The fraction of sp³-hybridized carbons (Fsp3) is 0.450. The highest BCUT2D eigenvalue weighted by atomic mass is 19.4. The molecule has 2 amide bonds. The highest BCUT2D eigenvalue weighted by molar-refractivity contribution is 5.92. The summed E-state index contributed by atoms with van der Waals surface area (Å²) in [5.41, 5.74) is 0.113. The summed E-state index contributed by atoms with van der Waals surface area (Å²) < 4.78 is 42.9. The van der Waals surface area contributed by atoms with Crippen LogP contribution in [-0.4, -0.2) is 34.8 Å². The molecule has 1 N–H and O–H groups in total. The fourth-order valence-electron chi connectivity index (χ4n) is 3.44. The van der Waals surface area contributed by atoms with E-state index in [9.17, 15) is 22.8 Å². The van der Waals surface area contributed by atoms with E-state index < -0.39 is 11.7 Å². The second kappa shape index (κ2) is 8.67. The quantitative estimate of drug-likeness (QED) is 0.800. The maximum atomic E-state index is 12.6. The Morgan fingerprint density at radius 1 is 1.28 bits per heavy atom. The molecule has 0 unspecified atom stereocenters. The van der Waals surface area contributed by atoms with E-state index in [1.165, 1.54) is 18.5 Å². The van der Waals surface area contributed by atoms with Gasteiger partial charge in [-0.2, -0.15) is 13.2 Å². The SMILES string of the molecule is Cc1ncoc1C(=O)N1CCC[C@H](CCC(=O)Nc2ccc(C(F)(F)F)cc2)C1. The van der Waals surface area contributed by atoms with Crippen molar-refractivity contribution in [3.05, 3.63) is 47.7 Å². The summed E-state index contributed by atoms with van der Waals surface area (Å²) in [6.07, 6.45) is -0.593. The molecule has 1 saturated heterocycles. The van der Waals surface area contributed by atoms with E-state index >= 15 is 0 Å². The second-order valence-corrected chi connectivity index (χ2v) is 7.19. The Hall–Kier alpha value is -2.84. The van der Waals surface area contributed by atoms with Gasteiger partial charge in [0.15, 0.2) is 6.39 Å². The van der Waals surface area contributed by atoms with Crippen molar-refractivity contribution in [2.45, 2.75) is 38.8 Å². The van der Waals surface area contributed by atoms with Crippen molar-refractivity contribution in [1.29, 1.82) is 0 Å². The average Bonchev–Trinajstić information content (AvgIpc) is 3.11. The maximum absolute atomic E-state index is 12.6. The van der Waals surface area contributed by atoms with Gasteiger partial charge in [-0.3, -0.25) is 9.59 Å².